The predicted molar refractivity (Wildman–Crippen MR) is 161 cm³/mol. The number of aromatic nitrogens is 2. The Morgan fingerprint density at radius 3 is 1.93 bits per heavy atom. The van der Waals surface area contributed by atoms with Crippen LogP contribution in [-0.2, 0) is 24.8 Å². The number of nitrogens with zero attached hydrogens (tertiary/aromatic N) is 3. The van der Waals surface area contributed by atoms with Gasteiger partial charge in [-0.1, -0.05) is 17.7 Å². The highest BCUT2D eigenvalue weighted by molar-refractivity contribution is 7.98. The zero-order valence-electron chi connectivity index (χ0n) is 22.8. The summed E-state index contributed by atoms with van der Waals surface area (Å²) in [6.07, 6.45) is 1.89. The van der Waals surface area contributed by atoms with Gasteiger partial charge in [0.2, 0.25) is 11.9 Å². The van der Waals surface area contributed by atoms with E-state index in [0.29, 0.717) is 22.8 Å². The second-order valence-electron chi connectivity index (χ2n) is 9.18. The third-order valence-corrected chi connectivity index (χ3v) is 9.79. The fourth-order valence-electron chi connectivity index (χ4n) is 3.90. The van der Waals surface area contributed by atoms with Crippen LogP contribution >= 0.6 is 11.8 Å². The molecule has 2 N–H and O–H groups in total. The van der Waals surface area contributed by atoms with E-state index in [0.717, 1.165) is 14.8 Å². The smallest absolute Gasteiger partial charge is 0.264 e. The van der Waals surface area contributed by atoms with Crippen LogP contribution in [0.1, 0.15) is 17.0 Å². The lowest BCUT2D eigenvalue weighted by Gasteiger charge is -2.24. The van der Waals surface area contributed by atoms with Crippen LogP contribution in [0.3, 0.4) is 0 Å². The number of amides is 1. The number of carbonyl (C=O) groups is 1. The molecule has 0 bridgehead atoms. The van der Waals surface area contributed by atoms with Gasteiger partial charge in [0, 0.05) is 22.0 Å². The van der Waals surface area contributed by atoms with Crippen molar-refractivity contribution in [3.8, 4) is 0 Å². The van der Waals surface area contributed by atoms with Crippen LogP contribution in [0.4, 0.5) is 17.3 Å². The molecule has 214 valence electrons. The molecule has 13 heteroatoms. The van der Waals surface area contributed by atoms with Crippen LogP contribution in [0.2, 0.25) is 0 Å². The molecule has 1 amide bonds. The molecule has 1 heterocycles. The fraction of sp³-hybridized carbons (Fsp3) is 0.179. The molecule has 0 saturated carbocycles. The first-order valence-corrected chi connectivity index (χ1v) is 16.5. The summed E-state index contributed by atoms with van der Waals surface area (Å²) in [6, 6.07) is 20.5. The Bertz CT molecular complexity index is 1740. The minimum absolute atomic E-state index is 0.0413. The summed E-state index contributed by atoms with van der Waals surface area (Å²) in [5, 5.41) is 2.65. The van der Waals surface area contributed by atoms with Gasteiger partial charge in [0.1, 0.15) is 6.54 Å². The highest BCUT2D eigenvalue weighted by Gasteiger charge is 2.27. The minimum Gasteiger partial charge on any atom is -0.325 e. The van der Waals surface area contributed by atoms with Crippen molar-refractivity contribution in [2.24, 2.45) is 0 Å². The summed E-state index contributed by atoms with van der Waals surface area (Å²) in [5.74, 6) is -0.646. The average molecular weight is 612 g/mol. The van der Waals surface area contributed by atoms with Crippen molar-refractivity contribution in [2.45, 2.75) is 35.5 Å². The summed E-state index contributed by atoms with van der Waals surface area (Å²) >= 11 is 1.49. The first kappa shape index (κ1) is 30.0. The first-order valence-electron chi connectivity index (χ1n) is 12.4. The summed E-state index contributed by atoms with van der Waals surface area (Å²) < 4.78 is 56.2. The number of rotatable bonds is 10. The molecule has 0 atom stereocenters. The van der Waals surface area contributed by atoms with Crippen molar-refractivity contribution in [2.75, 3.05) is 27.1 Å². The number of nitrogens with one attached hydrogen (secondary N) is 2. The minimum atomic E-state index is -4.08. The molecule has 0 aliphatic rings. The third-order valence-electron chi connectivity index (χ3n) is 5.91. The van der Waals surface area contributed by atoms with Gasteiger partial charge in [-0.2, -0.15) is 0 Å². The standard InChI is InChI=1S/C28H29N5O5S3/c1-19-5-9-23(10-6-19)33(41(37,38)26-15-11-24(39-4)12-16-26)18-27(34)31-22-7-13-25(14-8-22)40(35,36)32-28-29-20(2)17-21(3)30-28/h5-17H,18H2,1-4H3,(H,31,34)(H,29,30,32). The van der Waals surface area contributed by atoms with Crippen molar-refractivity contribution in [3.63, 3.8) is 0 Å². The quantitative estimate of drug-likeness (QED) is 0.245. The highest BCUT2D eigenvalue weighted by atomic mass is 32.2. The zero-order valence-corrected chi connectivity index (χ0v) is 25.3. The highest BCUT2D eigenvalue weighted by Crippen LogP contribution is 2.26. The van der Waals surface area contributed by atoms with E-state index in [2.05, 4.69) is 20.0 Å². The lowest BCUT2D eigenvalue weighted by atomic mass is 10.2. The maximum atomic E-state index is 13.6. The Labute approximate surface area is 244 Å². The number of hydrogen-bond acceptors (Lipinski definition) is 8. The number of sulfonamides is 2. The molecular formula is C28H29N5O5S3. The molecule has 0 aliphatic carbocycles. The van der Waals surface area contributed by atoms with Crippen LogP contribution in [0.25, 0.3) is 0 Å². The topological polar surface area (TPSA) is 138 Å². The van der Waals surface area contributed by atoms with E-state index in [1.807, 2.05) is 13.2 Å². The maximum Gasteiger partial charge on any atom is 0.264 e. The Morgan fingerprint density at radius 1 is 0.805 bits per heavy atom. The second-order valence-corrected chi connectivity index (χ2v) is 13.6. The Balaban J connectivity index is 1.53. The van der Waals surface area contributed by atoms with Crippen LogP contribution in [-0.4, -0.2) is 45.5 Å². The predicted octanol–water partition coefficient (Wildman–Crippen LogP) is 4.76. The molecule has 0 saturated heterocycles. The maximum absolute atomic E-state index is 13.6. The Hall–Kier alpha value is -3.94. The molecule has 41 heavy (non-hydrogen) atoms. The van der Waals surface area contributed by atoms with Gasteiger partial charge in [-0.15, -0.1) is 11.8 Å². The second kappa shape index (κ2) is 12.3. The van der Waals surface area contributed by atoms with E-state index in [-0.39, 0.29) is 15.7 Å². The van der Waals surface area contributed by atoms with Gasteiger partial charge in [-0.05, 0) is 93.8 Å². The molecule has 0 unspecified atom stereocenters. The molecule has 10 nitrogen and oxygen atoms in total. The largest absolute Gasteiger partial charge is 0.325 e. The van der Waals surface area contributed by atoms with Gasteiger partial charge >= 0.3 is 0 Å². The number of thioether (sulfide) groups is 1. The van der Waals surface area contributed by atoms with Crippen molar-refractivity contribution in [1.29, 1.82) is 0 Å². The first-order chi connectivity index (χ1) is 19.4. The summed E-state index contributed by atoms with van der Waals surface area (Å²) in [7, 11) is -8.06. The van der Waals surface area contributed by atoms with Crippen molar-refractivity contribution < 1.29 is 21.6 Å². The van der Waals surface area contributed by atoms with Crippen LogP contribution < -0.4 is 14.3 Å². The lowest BCUT2D eigenvalue weighted by molar-refractivity contribution is -0.114. The van der Waals surface area contributed by atoms with Gasteiger partial charge in [-0.3, -0.25) is 9.10 Å². The Morgan fingerprint density at radius 2 is 1.37 bits per heavy atom. The van der Waals surface area contributed by atoms with Crippen LogP contribution in [0.15, 0.2) is 93.5 Å². The number of aryl methyl sites for hydroxylation is 3. The van der Waals surface area contributed by atoms with Crippen molar-refractivity contribution >= 4 is 55.0 Å². The van der Waals surface area contributed by atoms with E-state index in [9.17, 15) is 21.6 Å². The average Bonchev–Trinajstić information content (AvgIpc) is 2.92. The third kappa shape index (κ3) is 7.43. The van der Waals surface area contributed by atoms with Crippen molar-refractivity contribution in [1.82, 2.24) is 9.97 Å². The molecule has 4 aromatic rings. The zero-order chi connectivity index (χ0) is 29.8. The van der Waals surface area contributed by atoms with Crippen LogP contribution in [0, 0.1) is 20.8 Å². The van der Waals surface area contributed by atoms with Crippen molar-refractivity contribution in [3.05, 3.63) is 95.8 Å². The molecule has 3 aromatic carbocycles. The molecule has 0 spiro atoms. The number of anilines is 3. The molecular weight excluding hydrogens is 583 g/mol. The molecule has 1 aromatic heterocycles. The monoisotopic (exact) mass is 611 g/mol. The summed E-state index contributed by atoms with van der Waals surface area (Å²) in [6.45, 7) is 4.85. The van der Waals surface area contributed by atoms with Gasteiger partial charge < -0.3 is 5.32 Å². The molecule has 4 rings (SSSR count). The SMILES string of the molecule is CSc1ccc(S(=O)(=O)N(CC(=O)Nc2ccc(S(=O)(=O)Nc3nc(C)cc(C)n3)cc2)c2ccc(C)cc2)cc1. The van der Waals surface area contributed by atoms with Gasteiger partial charge in [0.15, 0.2) is 0 Å². The van der Waals surface area contributed by atoms with E-state index in [1.165, 1.54) is 48.2 Å². The van der Waals surface area contributed by atoms with Gasteiger partial charge in [0.05, 0.1) is 15.5 Å². The van der Waals surface area contributed by atoms with E-state index in [4.69, 9.17) is 0 Å². The van der Waals surface area contributed by atoms with Crippen LogP contribution in [0.5, 0.6) is 0 Å². The van der Waals surface area contributed by atoms with Gasteiger partial charge in [-0.25, -0.2) is 31.5 Å². The normalized spacial score (nSPS) is 11.6. The van der Waals surface area contributed by atoms with E-state index >= 15 is 0 Å². The van der Waals surface area contributed by atoms with E-state index in [1.54, 1.807) is 56.3 Å². The molecule has 0 fully saturated rings. The van der Waals surface area contributed by atoms with E-state index < -0.39 is 32.5 Å². The summed E-state index contributed by atoms with van der Waals surface area (Å²) in [5.41, 5.74) is 2.80. The lowest BCUT2D eigenvalue weighted by Crippen LogP contribution is -2.38. The number of benzene rings is 3. The summed E-state index contributed by atoms with van der Waals surface area (Å²) in [4.78, 5) is 22.2. The van der Waals surface area contributed by atoms with Gasteiger partial charge in [0.25, 0.3) is 20.0 Å². The molecule has 0 aliphatic heterocycles. The number of hydrogen-bond donors (Lipinski definition) is 2. The molecule has 0 radical (unpaired) electrons. The fourth-order valence-corrected chi connectivity index (χ4v) is 6.67. The number of carbonyl (C=O) groups excluding carboxylic acids is 1. The Kier molecular flexibility index (Phi) is 9.00.